The molecule has 1 unspecified atom stereocenters. The number of benzene rings is 1. The van der Waals surface area contributed by atoms with Gasteiger partial charge in [0.25, 0.3) is 0 Å². The van der Waals surface area contributed by atoms with Gasteiger partial charge in [-0.3, -0.25) is 9.69 Å². The first-order chi connectivity index (χ1) is 15.4. The minimum Gasteiger partial charge on any atom is -0.453 e. The summed E-state index contributed by atoms with van der Waals surface area (Å²) in [5.74, 6) is 0.324. The molecule has 32 heavy (non-hydrogen) atoms. The molecule has 0 radical (unpaired) electrons. The lowest BCUT2D eigenvalue weighted by molar-refractivity contribution is 0.0869. The first-order valence-corrected chi connectivity index (χ1v) is 11.8. The summed E-state index contributed by atoms with van der Waals surface area (Å²) in [6.07, 6.45) is 2.52. The fourth-order valence-corrected chi connectivity index (χ4v) is 5.23. The van der Waals surface area contributed by atoms with E-state index in [1.807, 2.05) is 12.1 Å². The van der Waals surface area contributed by atoms with Crippen LogP contribution in [-0.2, 0) is 4.74 Å². The highest BCUT2D eigenvalue weighted by molar-refractivity contribution is 6.34. The maximum absolute atomic E-state index is 13.1. The monoisotopic (exact) mass is 461 g/mol. The van der Waals surface area contributed by atoms with Crippen molar-refractivity contribution in [1.82, 2.24) is 20.2 Å². The van der Waals surface area contributed by atoms with Gasteiger partial charge < -0.3 is 19.9 Å². The topological polar surface area (TPSA) is 90.6 Å². The number of nitrogens with zero attached hydrogens (tertiary/aromatic N) is 3. The number of aromatic amines is 1. The van der Waals surface area contributed by atoms with Crippen LogP contribution in [0.5, 0.6) is 0 Å². The van der Waals surface area contributed by atoms with Gasteiger partial charge in [0.1, 0.15) is 0 Å². The summed E-state index contributed by atoms with van der Waals surface area (Å²) in [6.45, 7) is 8.38. The molecule has 2 N–H and O–H groups in total. The quantitative estimate of drug-likeness (QED) is 0.657. The number of carbonyl (C=O) groups excluding carboxylic acids is 2. The van der Waals surface area contributed by atoms with Crippen molar-refractivity contribution in [1.29, 1.82) is 0 Å². The summed E-state index contributed by atoms with van der Waals surface area (Å²) < 4.78 is 4.66. The maximum atomic E-state index is 13.1. The second-order valence-corrected chi connectivity index (χ2v) is 9.30. The van der Waals surface area contributed by atoms with E-state index in [9.17, 15) is 9.59 Å². The predicted molar refractivity (Wildman–Crippen MR) is 126 cm³/mol. The van der Waals surface area contributed by atoms with E-state index in [0.717, 1.165) is 68.6 Å². The van der Waals surface area contributed by atoms with Gasteiger partial charge in [-0.25, -0.2) is 9.78 Å². The molecule has 1 aromatic heterocycles. The number of alkyl carbamates (subject to hydrolysis) is 1. The Bertz CT molecular complexity index is 985. The highest BCUT2D eigenvalue weighted by Gasteiger charge is 2.30. The first-order valence-electron chi connectivity index (χ1n) is 11.5. The number of fused-ring (bicyclic) bond motifs is 1. The van der Waals surface area contributed by atoms with E-state index in [1.54, 1.807) is 0 Å². The van der Waals surface area contributed by atoms with Crippen LogP contribution >= 0.6 is 11.6 Å². The maximum Gasteiger partial charge on any atom is 0.407 e. The van der Waals surface area contributed by atoms with Crippen LogP contribution in [0.2, 0.25) is 5.02 Å². The number of hydrogen-bond donors (Lipinski definition) is 2. The van der Waals surface area contributed by atoms with Crippen LogP contribution < -0.4 is 10.2 Å². The van der Waals surface area contributed by atoms with Crippen molar-refractivity contribution in [2.75, 3.05) is 38.2 Å². The first kappa shape index (κ1) is 22.9. The number of rotatable bonds is 5. The number of halogens is 1. The van der Waals surface area contributed by atoms with Crippen LogP contribution in [0, 0.1) is 5.92 Å². The summed E-state index contributed by atoms with van der Waals surface area (Å²) >= 11 is 6.65. The molecule has 9 heteroatoms. The predicted octanol–water partition coefficient (Wildman–Crippen LogP) is 3.84. The van der Waals surface area contributed by atoms with Crippen LogP contribution in [0.25, 0.3) is 11.0 Å². The van der Waals surface area contributed by atoms with Gasteiger partial charge in [-0.05, 0) is 51.3 Å². The molecule has 1 aromatic carbocycles. The molecule has 1 amide bonds. The number of likely N-dealkylation sites (N-methyl/N-ethyl adjacent to an activating group) is 1. The Morgan fingerprint density at radius 1 is 1.25 bits per heavy atom. The van der Waals surface area contributed by atoms with Crippen LogP contribution in [0.4, 0.5) is 10.5 Å². The van der Waals surface area contributed by atoms with Crippen LogP contribution in [-0.4, -0.2) is 72.1 Å². The molecule has 2 fully saturated rings. The van der Waals surface area contributed by atoms with Crippen molar-refractivity contribution in [2.24, 2.45) is 5.92 Å². The van der Waals surface area contributed by atoms with Crippen LogP contribution in [0.1, 0.15) is 50.1 Å². The largest absolute Gasteiger partial charge is 0.453 e. The van der Waals surface area contributed by atoms with E-state index in [4.69, 9.17) is 11.6 Å². The third-order valence-corrected chi connectivity index (χ3v) is 7.16. The summed E-state index contributed by atoms with van der Waals surface area (Å²) in [6, 6.07) is 4.29. The molecule has 2 aromatic rings. The molecule has 1 saturated heterocycles. The van der Waals surface area contributed by atoms with Gasteiger partial charge in [0, 0.05) is 37.6 Å². The Morgan fingerprint density at radius 2 is 2.00 bits per heavy atom. The van der Waals surface area contributed by atoms with Crippen LogP contribution in [0.3, 0.4) is 0 Å². The van der Waals surface area contributed by atoms with Crippen molar-refractivity contribution in [3.05, 3.63) is 23.0 Å². The van der Waals surface area contributed by atoms with Gasteiger partial charge in [0.05, 0.1) is 28.9 Å². The highest BCUT2D eigenvalue weighted by Crippen LogP contribution is 2.33. The number of amides is 1. The zero-order valence-corrected chi connectivity index (χ0v) is 19.7. The summed E-state index contributed by atoms with van der Waals surface area (Å²) in [5, 5.41) is 3.50. The van der Waals surface area contributed by atoms with Crippen molar-refractivity contribution < 1.29 is 14.3 Å². The zero-order valence-electron chi connectivity index (χ0n) is 19.0. The summed E-state index contributed by atoms with van der Waals surface area (Å²) in [7, 11) is 1.36. The molecule has 1 aliphatic heterocycles. The molecular weight excluding hydrogens is 430 g/mol. The molecule has 1 saturated carbocycles. The fourth-order valence-electron chi connectivity index (χ4n) is 4.95. The number of hydrogen-bond acceptors (Lipinski definition) is 6. The molecular formula is C23H32ClN5O3. The van der Waals surface area contributed by atoms with E-state index >= 15 is 0 Å². The number of methoxy groups -OCH3 is 1. The van der Waals surface area contributed by atoms with Crippen molar-refractivity contribution in [2.45, 2.75) is 51.6 Å². The normalized spacial score (nSPS) is 24.5. The van der Waals surface area contributed by atoms with E-state index in [-0.39, 0.29) is 17.7 Å². The number of H-pyrrole nitrogens is 1. The SMILES string of the molecule is CCN1CCN(c2cc3nc(C(=O)C4CCC(NC(=O)OC)CC4)[nH]c3cc2Cl)C(C)C1. The van der Waals surface area contributed by atoms with Gasteiger partial charge in [0.2, 0.25) is 5.78 Å². The van der Waals surface area contributed by atoms with E-state index in [1.165, 1.54) is 7.11 Å². The second kappa shape index (κ2) is 9.67. The van der Waals surface area contributed by atoms with Crippen molar-refractivity contribution in [3.63, 3.8) is 0 Å². The molecule has 1 aliphatic carbocycles. The molecule has 1 atom stereocenters. The molecule has 0 bridgehead atoms. The number of ether oxygens (including phenoxy) is 1. The number of aromatic nitrogens is 2. The summed E-state index contributed by atoms with van der Waals surface area (Å²) in [5.41, 5.74) is 2.52. The summed E-state index contributed by atoms with van der Waals surface area (Å²) in [4.78, 5) is 37.1. The number of Topliss-reactive ketones (excluding diaryl/α,β-unsaturated/α-hetero) is 1. The molecule has 8 nitrogen and oxygen atoms in total. The number of imidazole rings is 1. The van der Waals surface area contributed by atoms with Crippen molar-refractivity contribution >= 4 is 40.2 Å². The third-order valence-electron chi connectivity index (χ3n) is 6.86. The van der Waals surface area contributed by atoms with Gasteiger partial charge in [-0.2, -0.15) is 0 Å². The Balaban J connectivity index is 1.47. The number of ketones is 1. The lowest BCUT2D eigenvalue weighted by Gasteiger charge is -2.41. The van der Waals surface area contributed by atoms with Gasteiger partial charge >= 0.3 is 6.09 Å². The number of nitrogens with one attached hydrogen (secondary N) is 2. The number of piperazine rings is 1. The average molecular weight is 462 g/mol. The van der Waals surface area contributed by atoms with E-state index in [0.29, 0.717) is 16.9 Å². The van der Waals surface area contributed by atoms with Gasteiger partial charge in [-0.15, -0.1) is 0 Å². The molecule has 2 aliphatic rings. The van der Waals surface area contributed by atoms with Gasteiger partial charge in [-0.1, -0.05) is 18.5 Å². The van der Waals surface area contributed by atoms with Gasteiger partial charge in [0.15, 0.2) is 5.82 Å². The molecule has 4 rings (SSSR count). The Labute approximate surface area is 193 Å². The number of anilines is 1. The standard InChI is InChI=1S/C23H32ClN5O3/c1-4-28-9-10-29(14(2)13-28)20-12-19-18(11-17(20)24)26-22(27-19)21(30)15-5-7-16(8-6-15)25-23(31)32-3/h11-12,14-16H,4-10,13H2,1-3H3,(H,25,31)(H,26,27). The van der Waals surface area contributed by atoms with E-state index in [2.05, 4.69) is 43.7 Å². The highest BCUT2D eigenvalue weighted by atomic mass is 35.5. The fraction of sp³-hybridized carbons (Fsp3) is 0.609. The molecule has 174 valence electrons. The average Bonchev–Trinajstić information content (AvgIpc) is 3.21. The lowest BCUT2D eigenvalue weighted by Crippen LogP contribution is -2.51. The Hall–Kier alpha value is -2.32. The smallest absolute Gasteiger partial charge is 0.407 e. The van der Waals surface area contributed by atoms with Crippen molar-refractivity contribution in [3.8, 4) is 0 Å². The lowest BCUT2D eigenvalue weighted by atomic mass is 9.83. The zero-order chi connectivity index (χ0) is 22.8. The Morgan fingerprint density at radius 3 is 2.66 bits per heavy atom. The van der Waals surface area contributed by atoms with E-state index < -0.39 is 6.09 Å². The Kier molecular flexibility index (Phi) is 6.90. The number of carbonyl (C=O) groups is 2. The molecule has 0 spiro atoms. The molecule has 2 heterocycles. The second-order valence-electron chi connectivity index (χ2n) is 8.89. The third kappa shape index (κ3) is 4.71. The minimum absolute atomic E-state index is 0.0281. The van der Waals surface area contributed by atoms with Crippen LogP contribution in [0.15, 0.2) is 12.1 Å². The minimum atomic E-state index is -0.421.